The highest BCUT2D eigenvalue weighted by atomic mass is 15.0. The number of aromatic nitrogens is 3. The molecule has 0 aromatic carbocycles. The molecule has 29 heavy (non-hydrogen) atoms. The summed E-state index contributed by atoms with van der Waals surface area (Å²) in [6.07, 6.45) is 35.0. The van der Waals surface area contributed by atoms with Crippen molar-refractivity contribution in [2.24, 2.45) is 0 Å². The highest BCUT2D eigenvalue weighted by Gasteiger charge is 1.97. The van der Waals surface area contributed by atoms with Gasteiger partial charge < -0.3 is 0 Å². The van der Waals surface area contributed by atoms with Crippen molar-refractivity contribution < 1.29 is 0 Å². The van der Waals surface area contributed by atoms with Gasteiger partial charge in [-0.05, 0) is 6.42 Å². The molecule has 1 aromatic heterocycles. The minimum Gasteiger partial charge on any atom is -0.225 e. The lowest BCUT2D eigenvalue weighted by Crippen LogP contribution is -1.92. The number of nitrogens with zero attached hydrogens (tertiary/aromatic N) is 3. The molecule has 0 spiro atoms. The predicted octanol–water partition coefficient (Wildman–Crippen LogP) is 8.64. The van der Waals surface area contributed by atoms with Crippen molar-refractivity contribution in [3.05, 3.63) is 24.9 Å². The summed E-state index contributed by atoms with van der Waals surface area (Å²) in [5.41, 5.74) is 0. The first-order valence-corrected chi connectivity index (χ1v) is 12.9. The molecule has 0 aliphatic carbocycles. The fraction of sp³-hybridized carbons (Fsp3) is 0.846. The van der Waals surface area contributed by atoms with Crippen LogP contribution in [0.4, 0.5) is 0 Å². The minimum atomic E-state index is 0.817. The van der Waals surface area contributed by atoms with Crippen LogP contribution in [0.1, 0.15) is 148 Å². The molecule has 0 fully saturated rings. The van der Waals surface area contributed by atoms with Gasteiger partial charge in [0, 0.05) is 6.42 Å². The van der Waals surface area contributed by atoms with E-state index in [0.717, 1.165) is 12.2 Å². The second-order valence-corrected chi connectivity index (χ2v) is 8.71. The van der Waals surface area contributed by atoms with Crippen LogP contribution in [0.2, 0.25) is 0 Å². The van der Waals surface area contributed by atoms with Crippen LogP contribution < -0.4 is 0 Å². The Morgan fingerprint density at radius 2 is 0.862 bits per heavy atom. The van der Waals surface area contributed by atoms with Gasteiger partial charge >= 0.3 is 0 Å². The predicted molar refractivity (Wildman–Crippen MR) is 126 cm³/mol. The lowest BCUT2D eigenvalue weighted by Gasteiger charge is -2.04. The van der Waals surface area contributed by atoms with Gasteiger partial charge in [0.25, 0.3) is 0 Å². The Bertz CT molecular complexity index is 421. The van der Waals surface area contributed by atoms with Crippen LogP contribution in [-0.4, -0.2) is 15.0 Å². The normalized spacial score (nSPS) is 11.2. The van der Waals surface area contributed by atoms with Crippen LogP contribution >= 0.6 is 0 Å². The Hall–Kier alpha value is -0.990. The molecule has 0 unspecified atom stereocenters. The Kier molecular flexibility index (Phi) is 19.5. The minimum absolute atomic E-state index is 0.817. The van der Waals surface area contributed by atoms with Gasteiger partial charge in [0.05, 0.1) is 0 Å². The van der Waals surface area contributed by atoms with Gasteiger partial charge in [-0.15, -0.1) is 0 Å². The number of unbranched alkanes of at least 4 members (excludes halogenated alkanes) is 20. The Labute approximate surface area is 181 Å². The molecule has 0 saturated heterocycles. The maximum Gasteiger partial charge on any atom is 0.135 e. The molecular weight excluding hydrogens is 354 g/mol. The number of hydrogen-bond donors (Lipinski definition) is 0. The van der Waals surface area contributed by atoms with E-state index < -0.39 is 0 Å². The fourth-order valence-electron chi connectivity index (χ4n) is 3.98. The molecule has 3 nitrogen and oxygen atoms in total. The fourth-order valence-corrected chi connectivity index (χ4v) is 3.98. The Morgan fingerprint density at radius 3 is 1.24 bits per heavy atom. The SMILES string of the molecule is CCCCCCCCCCCCCCCCCCCCCC[CH]c1ncncn1. The van der Waals surface area contributed by atoms with E-state index in [9.17, 15) is 0 Å². The first-order chi connectivity index (χ1) is 14.4. The first-order valence-electron chi connectivity index (χ1n) is 12.9. The summed E-state index contributed by atoms with van der Waals surface area (Å²) in [4.78, 5) is 12.1. The number of rotatable bonds is 22. The molecule has 0 amide bonds. The van der Waals surface area contributed by atoms with Crippen LogP contribution in [0.3, 0.4) is 0 Å². The third kappa shape index (κ3) is 18.8. The van der Waals surface area contributed by atoms with Crippen molar-refractivity contribution in [1.29, 1.82) is 0 Å². The van der Waals surface area contributed by atoms with Crippen LogP contribution in [-0.2, 0) is 0 Å². The topological polar surface area (TPSA) is 38.7 Å². The van der Waals surface area contributed by atoms with Crippen molar-refractivity contribution in [3.8, 4) is 0 Å². The zero-order valence-electron chi connectivity index (χ0n) is 19.4. The van der Waals surface area contributed by atoms with Gasteiger partial charge in [-0.2, -0.15) is 0 Å². The van der Waals surface area contributed by atoms with E-state index >= 15 is 0 Å². The van der Waals surface area contributed by atoms with Crippen LogP contribution in [0, 0.1) is 6.42 Å². The molecular formula is C26H48N3. The summed E-state index contributed by atoms with van der Waals surface area (Å²) < 4.78 is 0. The Morgan fingerprint density at radius 1 is 0.517 bits per heavy atom. The summed E-state index contributed by atoms with van der Waals surface area (Å²) in [5, 5.41) is 0. The summed E-state index contributed by atoms with van der Waals surface area (Å²) in [5.74, 6) is 0.817. The molecule has 0 aliphatic heterocycles. The average Bonchev–Trinajstić information content (AvgIpc) is 2.75. The van der Waals surface area contributed by atoms with Gasteiger partial charge in [-0.25, -0.2) is 15.0 Å². The summed E-state index contributed by atoms with van der Waals surface area (Å²) >= 11 is 0. The van der Waals surface area contributed by atoms with Crippen LogP contribution in [0.5, 0.6) is 0 Å². The molecule has 1 heterocycles. The van der Waals surface area contributed by atoms with Gasteiger partial charge in [0.15, 0.2) is 0 Å². The highest BCUT2D eigenvalue weighted by molar-refractivity contribution is 4.96. The molecule has 0 aliphatic rings. The average molecular weight is 403 g/mol. The molecule has 1 rings (SSSR count). The molecule has 167 valence electrons. The summed E-state index contributed by atoms with van der Waals surface area (Å²) in [6, 6.07) is 0. The molecule has 1 radical (unpaired) electrons. The molecule has 0 bridgehead atoms. The maximum absolute atomic E-state index is 4.12. The van der Waals surface area contributed by atoms with Crippen molar-refractivity contribution in [2.75, 3.05) is 0 Å². The van der Waals surface area contributed by atoms with E-state index in [1.165, 1.54) is 128 Å². The molecule has 3 heteroatoms. The smallest absolute Gasteiger partial charge is 0.135 e. The number of hydrogen-bond acceptors (Lipinski definition) is 3. The van der Waals surface area contributed by atoms with Crippen molar-refractivity contribution in [1.82, 2.24) is 15.0 Å². The van der Waals surface area contributed by atoms with E-state index in [4.69, 9.17) is 0 Å². The van der Waals surface area contributed by atoms with Crippen molar-refractivity contribution in [2.45, 2.75) is 142 Å². The van der Waals surface area contributed by atoms with Crippen LogP contribution in [0.15, 0.2) is 12.7 Å². The molecule has 0 atom stereocenters. The lowest BCUT2D eigenvalue weighted by molar-refractivity contribution is 0.521. The lowest BCUT2D eigenvalue weighted by atomic mass is 10.0. The van der Waals surface area contributed by atoms with E-state index in [-0.39, 0.29) is 0 Å². The van der Waals surface area contributed by atoms with Gasteiger partial charge in [-0.1, -0.05) is 135 Å². The third-order valence-corrected chi connectivity index (χ3v) is 5.90. The van der Waals surface area contributed by atoms with Crippen molar-refractivity contribution in [3.63, 3.8) is 0 Å². The largest absolute Gasteiger partial charge is 0.225 e. The monoisotopic (exact) mass is 402 g/mol. The molecule has 1 aromatic rings. The molecule has 0 N–H and O–H groups in total. The van der Waals surface area contributed by atoms with Crippen molar-refractivity contribution >= 4 is 0 Å². The summed E-state index contributed by atoms with van der Waals surface area (Å²) in [7, 11) is 0. The van der Waals surface area contributed by atoms with Crippen LogP contribution in [0.25, 0.3) is 0 Å². The zero-order chi connectivity index (χ0) is 20.7. The van der Waals surface area contributed by atoms with Gasteiger partial charge in [-0.3, -0.25) is 0 Å². The first kappa shape index (κ1) is 26.0. The van der Waals surface area contributed by atoms with E-state index in [1.54, 1.807) is 12.7 Å². The quantitative estimate of drug-likeness (QED) is 0.182. The second-order valence-electron chi connectivity index (χ2n) is 8.71. The van der Waals surface area contributed by atoms with Gasteiger partial charge in [0.2, 0.25) is 0 Å². The zero-order valence-corrected chi connectivity index (χ0v) is 19.4. The van der Waals surface area contributed by atoms with Gasteiger partial charge in [0.1, 0.15) is 18.5 Å². The van der Waals surface area contributed by atoms with E-state index in [0.29, 0.717) is 0 Å². The standard InChI is InChI=1S/C26H48N3/c1-2-3-4-5-6-7-8-9-10-11-12-13-14-15-16-17-18-19-20-21-22-23-26-28-24-27-25-29-26/h23-25H,2-22H2,1H3. The third-order valence-electron chi connectivity index (χ3n) is 5.90. The highest BCUT2D eigenvalue weighted by Crippen LogP contribution is 2.15. The molecule has 0 saturated carbocycles. The maximum atomic E-state index is 4.12. The Balaban J connectivity index is 1.66. The van der Waals surface area contributed by atoms with E-state index in [1.807, 2.05) is 0 Å². The summed E-state index contributed by atoms with van der Waals surface area (Å²) in [6.45, 7) is 2.30. The second kappa shape index (κ2) is 21.7. The van der Waals surface area contributed by atoms with E-state index in [2.05, 4.69) is 28.3 Å².